The Bertz CT molecular complexity index is 549. The Balaban J connectivity index is 1.45. The van der Waals surface area contributed by atoms with Crippen LogP contribution in [0.4, 0.5) is 6.01 Å². The van der Waals surface area contributed by atoms with E-state index in [-0.39, 0.29) is 0 Å². The second-order valence-electron chi connectivity index (χ2n) is 5.49. The number of nitrogens with one attached hydrogen (secondary N) is 1. The molecule has 0 bridgehead atoms. The van der Waals surface area contributed by atoms with Crippen molar-refractivity contribution in [2.24, 2.45) is 0 Å². The minimum absolute atomic E-state index is 0.667. The zero-order chi connectivity index (χ0) is 13.4. The molecule has 0 spiro atoms. The molecule has 4 rings (SSSR count). The van der Waals surface area contributed by atoms with Crippen LogP contribution < -0.4 is 10.2 Å². The molecule has 0 aliphatic carbocycles. The van der Waals surface area contributed by atoms with E-state index >= 15 is 0 Å². The first-order valence-corrected chi connectivity index (χ1v) is 7.30. The smallest absolute Gasteiger partial charge is 0.298 e. The molecule has 2 fully saturated rings. The minimum atomic E-state index is 0.667. The summed E-state index contributed by atoms with van der Waals surface area (Å²) in [6.07, 6.45) is 1.16. The zero-order valence-electron chi connectivity index (χ0n) is 11.5. The lowest BCUT2D eigenvalue weighted by atomic mass is 10.2. The molecule has 105 valence electrons. The molecule has 1 aromatic carbocycles. The third-order valence-electron chi connectivity index (χ3n) is 4.27. The highest BCUT2D eigenvalue weighted by Crippen LogP contribution is 2.23. The molecule has 1 radical (unpaired) electrons. The molecule has 1 N–H and O–H groups in total. The van der Waals surface area contributed by atoms with Crippen molar-refractivity contribution in [1.29, 1.82) is 0 Å². The van der Waals surface area contributed by atoms with Gasteiger partial charge in [0.15, 0.2) is 5.58 Å². The molecule has 2 aliphatic rings. The van der Waals surface area contributed by atoms with E-state index in [0.29, 0.717) is 6.04 Å². The average Bonchev–Trinajstić information content (AvgIpc) is 3.17. The van der Waals surface area contributed by atoms with Crippen LogP contribution in [0.5, 0.6) is 0 Å². The van der Waals surface area contributed by atoms with Gasteiger partial charge >= 0.3 is 0 Å². The Morgan fingerprint density at radius 3 is 2.75 bits per heavy atom. The SMILES string of the molecule is [CH]1C[C@H](N2CCN(c3nc4ccccc4o3)CC2)CN1. The van der Waals surface area contributed by atoms with Gasteiger partial charge in [0.2, 0.25) is 0 Å². The largest absolute Gasteiger partial charge is 0.423 e. The molecule has 2 aliphatic heterocycles. The predicted octanol–water partition coefficient (Wildman–Crippen LogP) is 1.47. The lowest BCUT2D eigenvalue weighted by Gasteiger charge is -2.37. The maximum Gasteiger partial charge on any atom is 0.298 e. The van der Waals surface area contributed by atoms with Crippen molar-refractivity contribution in [2.75, 3.05) is 37.6 Å². The highest BCUT2D eigenvalue weighted by Gasteiger charge is 2.27. The van der Waals surface area contributed by atoms with Crippen molar-refractivity contribution in [1.82, 2.24) is 15.2 Å². The maximum atomic E-state index is 5.85. The monoisotopic (exact) mass is 271 g/mol. The maximum absolute atomic E-state index is 5.85. The fourth-order valence-electron chi connectivity index (χ4n) is 3.07. The van der Waals surface area contributed by atoms with Gasteiger partial charge in [-0.25, -0.2) is 0 Å². The third kappa shape index (κ3) is 2.17. The highest BCUT2D eigenvalue weighted by molar-refractivity contribution is 5.74. The van der Waals surface area contributed by atoms with Gasteiger partial charge in [-0.15, -0.1) is 0 Å². The Hall–Kier alpha value is -1.59. The second kappa shape index (κ2) is 5.07. The summed E-state index contributed by atoms with van der Waals surface area (Å²) in [5, 5.41) is 3.32. The van der Waals surface area contributed by atoms with E-state index in [0.717, 1.165) is 56.3 Å². The number of nitrogens with zero attached hydrogens (tertiary/aromatic N) is 3. The van der Waals surface area contributed by atoms with Gasteiger partial charge in [0.05, 0.1) is 0 Å². The zero-order valence-corrected chi connectivity index (χ0v) is 11.5. The lowest BCUT2D eigenvalue weighted by Crippen LogP contribution is -2.51. The summed E-state index contributed by atoms with van der Waals surface area (Å²) < 4.78 is 5.85. The normalized spacial score (nSPS) is 24.6. The molecule has 2 saturated heterocycles. The number of benzene rings is 1. The topological polar surface area (TPSA) is 44.5 Å². The van der Waals surface area contributed by atoms with Crippen LogP contribution in [0, 0.1) is 6.54 Å². The number of rotatable bonds is 2. The van der Waals surface area contributed by atoms with Gasteiger partial charge in [-0.3, -0.25) is 4.90 Å². The van der Waals surface area contributed by atoms with E-state index in [1.54, 1.807) is 0 Å². The van der Waals surface area contributed by atoms with Crippen LogP contribution >= 0.6 is 0 Å². The quantitative estimate of drug-likeness (QED) is 0.896. The summed E-state index contributed by atoms with van der Waals surface area (Å²) in [5.41, 5.74) is 1.82. The fraction of sp³-hybridized carbons (Fsp3) is 0.467. The van der Waals surface area contributed by atoms with E-state index in [1.807, 2.05) is 24.3 Å². The third-order valence-corrected chi connectivity index (χ3v) is 4.27. The summed E-state index contributed by atoms with van der Waals surface area (Å²) in [4.78, 5) is 9.40. The van der Waals surface area contributed by atoms with Crippen LogP contribution in [0.3, 0.4) is 0 Å². The summed E-state index contributed by atoms with van der Waals surface area (Å²) in [5.74, 6) is 0. The van der Waals surface area contributed by atoms with Crippen molar-refractivity contribution in [3.63, 3.8) is 0 Å². The molecule has 20 heavy (non-hydrogen) atoms. The second-order valence-corrected chi connectivity index (χ2v) is 5.49. The fourth-order valence-corrected chi connectivity index (χ4v) is 3.07. The molecular formula is C15H19N4O. The van der Waals surface area contributed by atoms with Crippen LogP contribution in [-0.2, 0) is 0 Å². The van der Waals surface area contributed by atoms with Gasteiger partial charge < -0.3 is 14.6 Å². The van der Waals surface area contributed by atoms with Crippen molar-refractivity contribution in [3.8, 4) is 0 Å². The van der Waals surface area contributed by atoms with E-state index in [1.165, 1.54) is 0 Å². The van der Waals surface area contributed by atoms with Crippen molar-refractivity contribution >= 4 is 17.1 Å². The summed E-state index contributed by atoms with van der Waals surface area (Å²) >= 11 is 0. The van der Waals surface area contributed by atoms with Crippen LogP contribution in [0.15, 0.2) is 28.7 Å². The molecule has 5 nitrogen and oxygen atoms in total. The molecule has 5 heteroatoms. The van der Waals surface area contributed by atoms with Crippen molar-refractivity contribution < 1.29 is 4.42 Å². The summed E-state index contributed by atoms with van der Waals surface area (Å²) in [6.45, 7) is 7.41. The van der Waals surface area contributed by atoms with Crippen LogP contribution in [0.1, 0.15) is 6.42 Å². The van der Waals surface area contributed by atoms with Crippen LogP contribution in [-0.4, -0.2) is 48.6 Å². The van der Waals surface area contributed by atoms with E-state index in [2.05, 4.69) is 26.6 Å². The molecule has 0 unspecified atom stereocenters. The van der Waals surface area contributed by atoms with Crippen LogP contribution in [0.25, 0.3) is 11.1 Å². The first kappa shape index (κ1) is 12.2. The van der Waals surface area contributed by atoms with E-state index in [9.17, 15) is 0 Å². The van der Waals surface area contributed by atoms with Gasteiger partial charge in [0.1, 0.15) is 5.52 Å². The molecule has 0 saturated carbocycles. The Labute approximate surface area is 118 Å². The number of hydrogen-bond donors (Lipinski definition) is 1. The Kier molecular flexibility index (Phi) is 3.09. The molecule has 1 atom stereocenters. The van der Waals surface area contributed by atoms with Gasteiger partial charge in [-0.05, 0) is 18.6 Å². The number of anilines is 1. The lowest BCUT2D eigenvalue weighted by molar-refractivity contribution is 0.195. The van der Waals surface area contributed by atoms with Gasteiger partial charge in [-0.1, -0.05) is 12.1 Å². The van der Waals surface area contributed by atoms with E-state index in [4.69, 9.17) is 4.42 Å². The molecule has 1 aromatic heterocycles. The Morgan fingerprint density at radius 2 is 2.00 bits per heavy atom. The number of para-hydroxylation sites is 2. The molecule has 2 aromatic rings. The number of piperazine rings is 1. The number of fused-ring (bicyclic) bond motifs is 1. The number of hydrogen-bond acceptors (Lipinski definition) is 5. The van der Waals surface area contributed by atoms with Crippen LogP contribution in [0.2, 0.25) is 0 Å². The minimum Gasteiger partial charge on any atom is -0.423 e. The summed E-state index contributed by atoms with van der Waals surface area (Å²) in [6, 6.07) is 9.39. The van der Waals surface area contributed by atoms with Gasteiger partial charge in [-0.2, -0.15) is 4.98 Å². The molecule has 3 heterocycles. The number of oxazole rings is 1. The molecular weight excluding hydrogens is 252 g/mol. The Morgan fingerprint density at radius 1 is 1.15 bits per heavy atom. The van der Waals surface area contributed by atoms with Crippen molar-refractivity contribution in [3.05, 3.63) is 30.8 Å². The first-order valence-electron chi connectivity index (χ1n) is 7.30. The summed E-state index contributed by atoms with van der Waals surface area (Å²) in [7, 11) is 0. The van der Waals surface area contributed by atoms with Crippen molar-refractivity contribution in [2.45, 2.75) is 12.5 Å². The highest BCUT2D eigenvalue weighted by atomic mass is 16.4. The number of aromatic nitrogens is 1. The predicted molar refractivity (Wildman–Crippen MR) is 78.5 cm³/mol. The van der Waals surface area contributed by atoms with Gasteiger partial charge in [0, 0.05) is 45.3 Å². The first-order chi connectivity index (χ1) is 9.90. The standard InChI is InChI=1S/C15H19N4O/c1-2-4-14-13(3-1)17-15(20-14)19-9-7-18(8-10-19)12-5-6-16-11-12/h1-4,6,12,16H,5,7-11H2/t12-/m0/s1. The molecule has 0 amide bonds. The average molecular weight is 271 g/mol. The van der Waals surface area contributed by atoms with Gasteiger partial charge in [0.25, 0.3) is 6.01 Å². The van der Waals surface area contributed by atoms with E-state index < -0.39 is 0 Å².